The predicted octanol–water partition coefficient (Wildman–Crippen LogP) is 2.77. The first-order valence-corrected chi connectivity index (χ1v) is 8.42. The lowest BCUT2D eigenvalue weighted by atomic mass is 10.1. The highest BCUT2D eigenvalue weighted by Crippen LogP contribution is 2.19. The van der Waals surface area contributed by atoms with E-state index in [1.165, 1.54) is 19.2 Å². The van der Waals surface area contributed by atoms with Gasteiger partial charge in [0.15, 0.2) is 17.3 Å². The Kier molecular flexibility index (Phi) is 8.86. The van der Waals surface area contributed by atoms with Gasteiger partial charge in [-0.15, -0.1) is 12.4 Å². The highest BCUT2D eigenvalue weighted by atomic mass is 35.5. The van der Waals surface area contributed by atoms with Crippen LogP contribution in [0.25, 0.3) is 0 Å². The zero-order valence-corrected chi connectivity index (χ0v) is 15.6. The Bertz CT molecular complexity index is 590. The summed E-state index contributed by atoms with van der Waals surface area (Å²) in [6, 6.07) is 4.12. The van der Waals surface area contributed by atoms with Crippen LogP contribution in [-0.2, 0) is 4.79 Å². The molecule has 1 aromatic rings. The molecule has 1 saturated heterocycles. The van der Waals surface area contributed by atoms with Gasteiger partial charge in [0.2, 0.25) is 5.91 Å². The van der Waals surface area contributed by atoms with Crippen LogP contribution in [0.15, 0.2) is 18.2 Å². The summed E-state index contributed by atoms with van der Waals surface area (Å²) in [4.78, 5) is 28.5. The molecule has 1 aliphatic rings. The zero-order chi connectivity index (χ0) is 17.5. The van der Waals surface area contributed by atoms with Crippen molar-refractivity contribution in [3.05, 3.63) is 29.6 Å². The molecule has 0 radical (unpaired) electrons. The van der Waals surface area contributed by atoms with E-state index in [0.29, 0.717) is 13.1 Å². The number of rotatable bonds is 7. The van der Waals surface area contributed by atoms with E-state index < -0.39 is 5.82 Å². The van der Waals surface area contributed by atoms with Crippen molar-refractivity contribution in [3.63, 3.8) is 0 Å². The fraction of sp³-hybridized carbons (Fsp3) is 0.556. The van der Waals surface area contributed by atoms with E-state index in [0.717, 1.165) is 32.1 Å². The van der Waals surface area contributed by atoms with Gasteiger partial charge >= 0.3 is 0 Å². The SMILES string of the molecule is CCCN1CCN(C(=O)CCC(=O)c2ccc(OC)c(F)c2)CC1.Cl. The first kappa shape index (κ1) is 21.4. The summed E-state index contributed by atoms with van der Waals surface area (Å²) < 4.78 is 18.5. The molecule has 0 N–H and O–H groups in total. The minimum Gasteiger partial charge on any atom is -0.494 e. The number of Topliss-reactive ketones (excluding diaryl/α,β-unsaturated/α-hetero) is 1. The number of ether oxygens (including phenoxy) is 1. The van der Waals surface area contributed by atoms with E-state index in [-0.39, 0.29) is 48.3 Å². The van der Waals surface area contributed by atoms with Gasteiger partial charge in [0.25, 0.3) is 0 Å². The number of hydrogen-bond donors (Lipinski definition) is 0. The third-order valence-corrected chi connectivity index (χ3v) is 4.30. The standard InChI is InChI=1S/C18H25FN2O3.ClH/c1-3-8-20-9-11-21(12-10-20)18(23)7-5-16(22)14-4-6-17(24-2)15(19)13-14;/h4,6,13H,3,5,7-12H2,1-2H3;1H. The molecule has 140 valence electrons. The maximum Gasteiger partial charge on any atom is 0.223 e. The number of methoxy groups -OCH3 is 1. The summed E-state index contributed by atoms with van der Waals surface area (Å²) in [6.07, 6.45) is 1.38. The van der Waals surface area contributed by atoms with Crippen molar-refractivity contribution in [1.82, 2.24) is 9.80 Å². The third-order valence-electron chi connectivity index (χ3n) is 4.30. The lowest BCUT2D eigenvalue weighted by Gasteiger charge is -2.34. The van der Waals surface area contributed by atoms with Crippen molar-refractivity contribution in [2.45, 2.75) is 26.2 Å². The number of piperazine rings is 1. The van der Waals surface area contributed by atoms with Crippen LogP contribution in [0.5, 0.6) is 5.75 Å². The summed E-state index contributed by atoms with van der Waals surface area (Å²) in [5.41, 5.74) is 0.272. The number of ketones is 1. The molecule has 5 nitrogen and oxygen atoms in total. The molecule has 0 aliphatic carbocycles. The van der Waals surface area contributed by atoms with Crippen LogP contribution in [0.3, 0.4) is 0 Å². The van der Waals surface area contributed by atoms with Crippen LogP contribution in [0.2, 0.25) is 0 Å². The second-order valence-corrected chi connectivity index (χ2v) is 5.99. The molecule has 1 amide bonds. The van der Waals surface area contributed by atoms with Crippen LogP contribution < -0.4 is 4.74 Å². The maximum absolute atomic E-state index is 13.6. The number of benzene rings is 1. The molecule has 0 aromatic heterocycles. The van der Waals surface area contributed by atoms with Crippen LogP contribution in [0.4, 0.5) is 4.39 Å². The smallest absolute Gasteiger partial charge is 0.223 e. The average Bonchev–Trinajstić information content (AvgIpc) is 2.60. The van der Waals surface area contributed by atoms with Crippen LogP contribution in [0.1, 0.15) is 36.5 Å². The molecule has 1 heterocycles. The van der Waals surface area contributed by atoms with Gasteiger partial charge in [-0.25, -0.2) is 4.39 Å². The molecule has 0 bridgehead atoms. The largest absolute Gasteiger partial charge is 0.494 e. The summed E-state index contributed by atoms with van der Waals surface area (Å²) in [7, 11) is 1.37. The second kappa shape index (κ2) is 10.4. The first-order valence-electron chi connectivity index (χ1n) is 8.42. The van der Waals surface area contributed by atoms with Crippen molar-refractivity contribution in [1.29, 1.82) is 0 Å². The topological polar surface area (TPSA) is 49.9 Å². The highest BCUT2D eigenvalue weighted by Gasteiger charge is 2.21. The third kappa shape index (κ3) is 5.97. The molecule has 1 aromatic carbocycles. The summed E-state index contributed by atoms with van der Waals surface area (Å²) in [5.74, 6) is -0.697. The normalized spacial score (nSPS) is 14.8. The Morgan fingerprint density at radius 1 is 1.16 bits per heavy atom. The van der Waals surface area contributed by atoms with Crippen molar-refractivity contribution in [2.75, 3.05) is 39.8 Å². The Morgan fingerprint density at radius 2 is 1.84 bits per heavy atom. The number of hydrogen-bond acceptors (Lipinski definition) is 4. The van der Waals surface area contributed by atoms with Crippen molar-refractivity contribution in [3.8, 4) is 5.75 Å². The fourth-order valence-electron chi connectivity index (χ4n) is 2.90. The molecule has 25 heavy (non-hydrogen) atoms. The molecule has 7 heteroatoms. The Morgan fingerprint density at radius 3 is 2.40 bits per heavy atom. The molecule has 0 saturated carbocycles. The zero-order valence-electron chi connectivity index (χ0n) is 14.8. The van der Waals surface area contributed by atoms with Gasteiger partial charge in [-0.1, -0.05) is 6.92 Å². The number of nitrogens with zero attached hydrogens (tertiary/aromatic N) is 2. The van der Waals surface area contributed by atoms with Gasteiger partial charge in [0.1, 0.15) is 0 Å². The Labute approximate surface area is 154 Å². The van der Waals surface area contributed by atoms with Gasteiger partial charge < -0.3 is 9.64 Å². The van der Waals surface area contributed by atoms with Crippen LogP contribution in [-0.4, -0.2) is 61.3 Å². The predicted molar refractivity (Wildman–Crippen MR) is 97.1 cm³/mol. The minimum absolute atomic E-state index is 0. The Hall–Kier alpha value is -1.66. The molecule has 0 spiro atoms. The molecule has 2 rings (SSSR count). The Balaban J connectivity index is 0.00000312. The molecule has 1 fully saturated rings. The monoisotopic (exact) mass is 372 g/mol. The number of halogens is 2. The fourth-order valence-corrected chi connectivity index (χ4v) is 2.90. The highest BCUT2D eigenvalue weighted by molar-refractivity contribution is 5.98. The molecular formula is C18H26ClFN2O3. The van der Waals surface area contributed by atoms with Gasteiger partial charge in [0, 0.05) is 44.6 Å². The van der Waals surface area contributed by atoms with Crippen molar-refractivity contribution in [2.24, 2.45) is 0 Å². The van der Waals surface area contributed by atoms with E-state index in [2.05, 4.69) is 11.8 Å². The number of carbonyl (C=O) groups is 2. The van der Waals surface area contributed by atoms with E-state index in [1.54, 1.807) is 0 Å². The van der Waals surface area contributed by atoms with Crippen LogP contribution >= 0.6 is 12.4 Å². The summed E-state index contributed by atoms with van der Waals surface area (Å²) in [6.45, 7) is 6.40. The molecule has 0 atom stereocenters. The quantitative estimate of drug-likeness (QED) is 0.690. The lowest BCUT2D eigenvalue weighted by Crippen LogP contribution is -2.48. The molecule has 0 unspecified atom stereocenters. The van der Waals surface area contributed by atoms with Gasteiger partial charge in [-0.3, -0.25) is 14.5 Å². The number of amides is 1. The lowest BCUT2D eigenvalue weighted by molar-refractivity contribution is -0.132. The minimum atomic E-state index is -0.568. The summed E-state index contributed by atoms with van der Waals surface area (Å²) >= 11 is 0. The van der Waals surface area contributed by atoms with Gasteiger partial charge in [-0.05, 0) is 31.2 Å². The first-order chi connectivity index (χ1) is 11.5. The van der Waals surface area contributed by atoms with Crippen molar-refractivity contribution < 1.29 is 18.7 Å². The van der Waals surface area contributed by atoms with E-state index in [1.807, 2.05) is 4.90 Å². The van der Waals surface area contributed by atoms with E-state index >= 15 is 0 Å². The van der Waals surface area contributed by atoms with E-state index in [4.69, 9.17) is 4.74 Å². The van der Waals surface area contributed by atoms with Crippen LogP contribution in [0, 0.1) is 5.82 Å². The summed E-state index contributed by atoms with van der Waals surface area (Å²) in [5, 5.41) is 0. The molecule has 1 aliphatic heterocycles. The maximum atomic E-state index is 13.6. The van der Waals surface area contributed by atoms with Crippen molar-refractivity contribution >= 4 is 24.1 Å². The van der Waals surface area contributed by atoms with E-state index in [9.17, 15) is 14.0 Å². The van der Waals surface area contributed by atoms with Gasteiger partial charge in [0.05, 0.1) is 7.11 Å². The average molecular weight is 373 g/mol. The second-order valence-electron chi connectivity index (χ2n) is 5.99. The van der Waals surface area contributed by atoms with Gasteiger partial charge in [-0.2, -0.15) is 0 Å². The molecular weight excluding hydrogens is 347 g/mol. The number of carbonyl (C=O) groups excluding carboxylic acids is 2.